The van der Waals surface area contributed by atoms with Crippen LogP contribution in [0.3, 0.4) is 0 Å². The van der Waals surface area contributed by atoms with E-state index in [1.54, 1.807) is 12.3 Å². The molecule has 0 spiro atoms. The van der Waals surface area contributed by atoms with Crippen molar-refractivity contribution in [3.05, 3.63) is 54.2 Å². The lowest BCUT2D eigenvalue weighted by molar-refractivity contribution is 0.0417. The van der Waals surface area contributed by atoms with Crippen molar-refractivity contribution < 1.29 is 14.3 Å². The molecule has 1 fully saturated rings. The van der Waals surface area contributed by atoms with Crippen molar-refractivity contribution in [2.24, 2.45) is 5.92 Å². The zero-order valence-corrected chi connectivity index (χ0v) is 19.4. The monoisotopic (exact) mass is 441 g/mol. The minimum atomic E-state index is -0.532. The Morgan fingerprint density at radius 3 is 2.61 bits per heavy atom. The molecule has 1 aromatic carbocycles. The summed E-state index contributed by atoms with van der Waals surface area (Å²) in [5.41, 5.74) is 0.0834. The zero-order valence-electron chi connectivity index (χ0n) is 18.6. The van der Waals surface area contributed by atoms with Gasteiger partial charge in [0.05, 0.1) is 5.56 Å². The second-order valence-electron chi connectivity index (χ2n) is 8.73. The van der Waals surface area contributed by atoms with Crippen LogP contribution in [0.4, 0.5) is 4.79 Å². The first-order valence-corrected chi connectivity index (χ1v) is 11.5. The number of benzene rings is 1. The van der Waals surface area contributed by atoms with Crippen LogP contribution in [-0.2, 0) is 4.74 Å². The Hall–Kier alpha value is -2.54. The second-order valence-corrected chi connectivity index (χ2v) is 9.79. The Morgan fingerprint density at radius 2 is 1.94 bits per heavy atom. The number of nitrogens with one attached hydrogen (secondary N) is 1. The number of pyridine rings is 1. The number of hydrogen-bond donors (Lipinski definition) is 1. The SMILES string of the molecule is CC[C@H]1CN(C(=O)c2cccnc2Sc2ccccc2)CC[C@@H]1NC(=O)OC(C)(C)C. The number of carbonyl (C=O) groups excluding carboxylic acids is 2. The second kappa shape index (κ2) is 10.2. The maximum absolute atomic E-state index is 13.3. The van der Waals surface area contributed by atoms with Gasteiger partial charge in [-0.15, -0.1) is 0 Å². The average molecular weight is 442 g/mol. The van der Waals surface area contributed by atoms with Gasteiger partial charge in [0.1, 0.15) is 10.6 Å². The molecule has 6 nitrogen and oxygen atoms in total. The number of alkyl carbamates (subject to hydrolysis) is 1. The number of rotatable bonds is 5. The van der Waals surface area contributed by atoms with E-state index in [2.05, 4.69) is 17.2 Å². The Morgan fingerprint density at radius 1 is 1.19 bits per heavy atom. The molecule has 1 aliphatic rings. The van der Waals surface area contributed by atoms with E-state index in [1.165, 1.54) is 11.8 Å². The van der Waals surface area contributed by atoms with Gasteiger partial charge in [-0.1, -0.05) is 36.9 Å². The van der Waals surface area contributed by atoms with E-state index < -0.39 is 11.7 Å². The number of piperidine rings is 1. The molecule has 1 N–H and O–H groups in total. The van der Waals surface area contributed by atoms with Gasteiger partial charge in [-0.05, 0) is 63.8 Å². The zero-order chi connectivity index (χ0) is 22.4. The minimum absolute atomic E-state index is 0.00374. The summed E-state index contributed by atoms with van der Waals surface area (Å²) in [6, 6.07) is 13.6. The van der Waals surface area contributed by atoms with Gasteiger partial charge in [0, 0.05) is 30.2 Å². The van der Waals surface area contributed by atoms with E-state index in [0.717, 1.165) is 11.3 Å². The summed E-state index contributed by atoms with van der Waals surface area (Å²) in [7, 11) is 0. The molecule has 1 aliphatic heterocycles. The highest BCUT2D eigenvalue weighted by atomic mass is 32.2. The van der Waals surface area contributed by atoms with Crippen molar-refractivity contribution in [2.45, 2.75) is 62.1 Å². The predicted molar refractivity (Wildman–Crippen MR) is 122 cm³/mol. The molecule has 0 saturated carbocycles. The quantitative estimate of drug-likeness (QED) is 0.707. The van der Waals surface area contributed by atoms with Gasteiger partial charge in [0.2, 0.25) is 0 Å². The fourth-order valence-electron chi connectivity index (χ4n) is 3.68. The summed E-state index contributed by atoms with van der Waals surface area (Å²) in [5, 5.41) is 3.71. The molecule has 1 aromatic heterocycles. The molecule has 2 atom stereocenters. The molecule has 3 rings (SSSR count). The van der Waals surface area contributed by atoms with E-state index in [0.29, 0.717) is 30.1 Å². The van der Waals surface area contributed by atoms with Crippen molar-refractivity contribution in [3.63, 3.8) is 0 Å². The van der Waals surface area contributed by atoms with E-state index in [4.69, 9.17) is 4.74 Å². The van der Waals surface area contributed by atoms with Crippen LogP contribution in [0.15, 0.2) is 58.6 Å². The fraction of sp³-hybridized carbons (Fsp3) is 0.458. The normalized spacial score (nSPS) is 19.0. The van der Waals surface area contributed by atoms with Crippen LogP contribution in [-0.4, -0.2) is 46.6 Å². The van der Waals surface area contributed by atoms with E-state index in [1.807, 2.05) is 62.1 Å². The van der Waals surface area contributed by atoms with Crippen molar-refractivity contribution in [1.29, 1.82) is 0 Å². The molecule has 166 valence electrons. The third-order valence-electron chi connectivity index (χ3n) is 5.21. The molecule has 7 heteroatoms. The lowest BCUT2D eigenvalue weighted by Gasteiger charge is -2.39. The maximum atomic E-state index is 13.3. The summed E-state index contributed by atoms with van der Waals surface area (Å²) >= 11 is 1.50. The van der Waals surface area contributed by atoms with Gasteiger partial charge in [0.15, 0.2) is 0 Å². The summed E-state index contributed by atoms with van der Waals surface area (Å²) in [4.78, 5) is 33.0. The number of aromatic nitrogens is 1. The average Bonchev–Trinajstić information content (AvgIpc) is 2.73. The van der Waals surface area contributed by atoms with E-state index in [-0.39, 0.29) is 17.9 Å². The molecule has 2 aromatic rings. The third kappa shape index (κ3) is 6.47. The number of likely N-dealkylation sites (tertiary alicyclic amines) is 1. The van der Waals surface area contributed by atoms with Gasteiger partial charge >= 0.3 is 6.09 Å². The smallest absolute Gasteiger partial charge is 0.407 e. The van der Waals surface area contributed by atoms with Crippen LogP contribution in [0, 0.1) is 5.92 Å². The lowest BCUT2D eigenvalue weighted by atomic mass is 9.89. The van der Waals surface area contributed by atoms with Crippen LogP contribution in [0.5, 0.6) is 0 Å². The molecule has 0 bridgehead atoms. The predicted octanol–water partition coefficient (Wildman–Crippen LogP) is 5.00. The number of carbonyl (C=O) groups is 2. The van der Waals surface area contributed by atoms with Gasteiger partial charge < -0.3 is 15.0 Å². The van der Waals surface area contributed by atoms with Gasteiger partial charge in [-0.3, -0.25) is 4.79 Å². The first-order chi connectivity index (χ1) is 14.8. The standard InChI is InChI=1S/C24H31N3O3S/c1-5-17-16-27(15-13-20(17)26-23(29)30-24(2,3)4)22(28)19-12-9-14-25-21(19)31-18-10-7-6-8-11-18/h6-12,14,17,20H,5,13,15-16H2,1-4H3,(H,26,29)/t17-,20-/m0/s1. The van der Waals surface area contributed by atoms with Crippen LogP contribution >= 0.6 is 11.8 Å². The third-order valence-corrected chi connectivity index (χ3v) is 6.23. The number of amides is 2. The van der Waals surface area contributed by atoms with Crippen molar-refractivity contribution >= 4 is 23.8 Å². The number of hydrogen-bond acceptors (Lipinski definition) is 5. The Labute approximate surface area is 188 Å². The molecular weight excluding hydrogens is 410 g/mol. The molecule has 0 unspecified atom stereocenters. The summed E-state index contributed by atoms with van der Waals surface area (Å²) in [6.45, 7) is 8.82. The first kappa shape index (κ1) is 23.1. The van der Waals surface area contributed by atoms with Crippen LogP contribution < -0.4 is 5.32 Å². The lowest BCUT2D eigenvalue weighted by Crippen LogP contribution is -2.53. The molecule has 0 aliphatic carbocycles. The Kier molecular flexibility index (Phi) is 7.59. The highest BCUT2D eigenvalue weighted by Gasteiger charge is 2.33. The largest absolute Gasteiger partial charge is 0.444 e. The topological polar surface area (TPSA) is 71.5 Å². The molecule has 31 heavy (non-hydrogen) atoms. The number of ether oxygens (including phenoxy) is 1. The highest BCUT2D eigenvalue weighted by Crippen LogP contribution is 2.30. The first-order valence-electron chi connectivity index (χ1n) is 10.7. The van der Waals surface area contributed by atoms with Gasteiger partial charge in [0.25, 0.3) is 5.91 Å². The molecule has 1 saturated heterocycles. The van der Waals surface area contributed by atoms with E-state index in [9.17, 15) is 9.59 Å². The summed E-state index contributed by atoms with van der Waals surface area (Å²) < 4.78 is 5.41. The van der Waals surface area contributed by atoms with Crippen LogP contribution in [0.2, 0.25) is 0 Å². The highest BCUT2D eigenvalue weighted by molar-refractivity contribution is 7.99. The minimum Gasteiger partial charge on any atom is -0.444 e. The Bertz CT molecular complexity index is 898. The van der Waals surface area contributed by atoms with E-state index >= 15 is 0 Å². The molecule has 0 radical (unpaired) electrons. The van der Waals surface area contributed by atoms with Crippen molar-refractivity contribution in [3.8, 4) is 0 Å². The molecule has 2 amide bonds. The Balaban J connectivity index is 1.68. The van der Waals surface area contributed by atoms with Crippen LogP contribution in [0.25, 0.3) is 0 Å². The molecular formula is C24H31N3O3S. The van der Waals surface area contributed by atoms with Crippen molar-refractivity contribution in [1.82, 2.24) is 15.2 Å². The van der Waals surface area contributed by atoms with Crippen LogP contribution in [0.1, 0.15) is 50.9 Å². The summed E-state index contributed by atoms with van der Waals surface area (Å²) in [5.74, 6) is 0.160. The molecule has 2 heterocycles. The fourth-order valence-corrected chi connectivity index (χ4v) is 4.58. The maximum Gasteiger partial charge on any atom is 0.407 e. The summed E-state index contributed by atoms with van der Waals surface area (Å²) in [6.07, 6.45) is 2.88. The van der Waals surface area contributed by atoms with Gasteiger partial charge in [-0.25, -0.2) is 9.78 Å². The van der Waals surface area contributed by atoms with Gasteiger partial charge in [-0.2, -0.15) is 0 Å². The number of nitrogens with zero attached hydrogens (tertiary/aromatic N) is 2. The van der Waals surface area contributed by atoms with Crippen molar-refractivity contribution in [2.75, 3.05) is 13.1 Å².